The van der Waals surface area contributed by atoms with Gasteiger partial charge in [-0.05, 0) is 49.1 Å². The highest BCUT2D eigenvalue weighted by Gasteiger charge is 2.16. The molecule has 0 amide bonds. The van der Waals surface area contributed by atoms with Crippen LogP contribution in [0.25, 0.3) is 0 Å². The molecule has 28 heavy (non-hydrogen) atoms. The number of alkyl halides is 1. The minimum Gasteiger partial charge on any atom is -0.493 e. The van der Waals surface area contributed by atoms with Crippen molar-refractivity contribution in [3.63, 3.8) is 0 Å². The van der Waals surface area contributed by atoms with Gasteiger partial charge in [-0.15, -0.1) is 0 Å². The van der Waals surface area contributed by atoms with E-state index in [2.05, 4.69) is 40.1 Å². The summed E-state index contributed by atoms with van der Waals surface area (Å²) in [5.41, 5.74) is 2.62. The number of hydrogen-bond acceptors (Lipinski definition) is 4. The van der Waals surface area contributed by atoms with Gasteiger partial charge in [0.25, 0.3) is 0 Å². The van der Waals surface area contributed by atoms with Gasteiger partial charge in [0.2, 0.25) is 6.86 Å². The third-order valence-electron chi connectivity index (χ3n) is 5.40. The first-order chi connectivity index (χ1) is 13.8. The minimum absolute atomic E-state index is 0.456. The molecule has 0 N–H and O–H groups in total. The highest BCUT2D eigenvalue weighted by Crippen LogP contribution is 2.28. The molecule has 0 atom stereocenters. The topological polar surface area (TPSA) is 24.9 Å². The van der Waals surface area contributed by atoms with Crippen molar-refractivity contribution in [1.82, 2.24) is 9.80 Å². The largest absolute Gasteiger partial charge is 0.493 e. The normalized spacial score (nSPS) is 15.5. The number of aryl methyl sites for hydroxylation is 1. The summed E-state index contributed by atoms with van der Waals surface area (Å²) in [5, 5.41) is 0. The molecule has 0 aromatic heterocycles. The molecule has 1 fully saturated rings. The van der Waals surface area contributed by atoms with E-state index in [1.165, 1.54) is 24.1 Å². The van der Waals surface area contributed by atoms with Crippen LogP contribution in [0.5, 0.6) is 11.5 Å². The van der Waals surface area contributed by atoms with E-state index < -0.39 is 6.86 Å². The van der Waals surface area contributed by atoms with E-state index in [4.69, 9.17) is 9.47 Å². The molecule has 4 nitrogen and oxygen atoms in total. The van der Waals surface area contributed by atoms with Crippen molar-refractivity contribution in [2.24, 2.45) is 0 Å². The second kappa shape index (κ2) is 11.0. The number of halogens is 1. The molecule has 1 saturated heterocycles. The maximum Gasteiger partial charge on any atom is 0.228 e. The fourth-order valence-corrected chi connectivity index (χ4v) is 3.72. The second-order valence-electron chi connectivity index (χ2n) is 7.26. The number of hydrogen-bond donors (Lipinski definition) is 0. The molecule has 3 rings (SSSR count). The van der Waals surface area contributed by atoms with Crippen LogP contribution in [-0.4, -0.2) is 63.0 Å². The Morgan fingerprint density at radius 2 is 1.54 bits per heavy atom. The predicted molar refractivity (Wildman–Crippen MR) is 111 cm³/mol. The molecule has 1 aliphatic rings. The van der Waals surface area contributed by atoms with Crippen LogP contribution in [0, 0.1) is 0 Å². The van der Waals surface area contributed by atoms with Crippen molar-refractivity contribution >= 4 is 0 Å². The van der Waals surface area contributed by atoms with Crippen LogP contribution in [0.4, 0.5) is 4.39 Å². The molecule has 0 saturated carbocycles. The molecule has 0 unspecified atom stereocenters. The Hall–Kier alpha value is -2.11. The summed E-state index contributed by atoms with van der Waals surface area (Å²) < 4.78 is 22.6. The number of rotatable bonds is 10. The maximum absolute atomic E-state index is 12.4. The lowest BCUT2D eigenvalue weighted by Crippen LogP contribution is -2.47. The summed E-state index contributed by atoms with van der Waals surface area (Å²) in [5.74, 6) is 1.05. The van der Waals surface area contributed by atoms with Crippen LogP contribution >= 0.6 is 0 Å². The van der Waals surface area contributed by atoms with Crippen LogP contribution in [0.15, 0.2) is 48.5 Å². The first-order valence-electron chi connectivity index (χ1n) is 10.1. The van der Waals surface area contributed by atoms with E-state index in [-0.39, 0.29) is 0 Å². The maximum atomic E-state index is 12.4. The molecular formula is C23H31FN2O2. The van der Waals surface area contributed by atoms with Gasteiger partial charge >= 0.3 is 0 Å². The first kappa shape index (κ1) is 20.6. The quantitative estimate of drug-likeness (QED) is 0.621. The van der Waals surface area contributed by atoms with Gasteiger partial charge in [-0.3, -0.25) is 0 Å². The van der Waals surface area contributed by atoms with Gasteiger partial charge in [-0.25, -0.2) is 4.39 Å². The average Bonchev–Trinajstić information content (AvgIpc) is 2.75. The van der Waals surface area contributed by atoms with Gasteiger partial charge in [-0.2, -0.15) is 0 Å². The molecule has 2 aromatic rings. The Bertz CT molecular complexity index is 703. The zero-order valence-electron chi connectivity index (χ0n) is 16.8. The van der Waals surface area contributed by atoms with Crippen molar-refractivity contribution in [2.45, 2.75) is 19.3 Å². The van der Waals surface area contributed by atoms with Gasteiger partial charge in [0.15, 0.2) is 11.5 Å². The van der Waals surface area contributed by atoms with Crippen LogP contribution in [0.3, 0.4) is 0 Å². The summed E-state index contributed by atoms with van der Waals surface area (Å²) in [4.78, 5) is 5.09. The number of nitrogens with zero attached hydrogens (tertiary/aromatic N) is 2. The molecular weight excluding hydrogens is 354 g/mol. The number of methoxy groups -OCH3 is 1. The zero-order valence-corrected chi connectivity index (χ0v) is 16.8. The van der Waals surface area contributed by atoms with Crippen LogP contribution in [0.2, 0.25) is 0 Å². The minimum atomic E-state index is -0.842. The van der Waals surface area contributed by atoms with E-state index >= 15 is 0 Å². The van der Waals surface area contributed by atoms with Crippen molar-refractivity contribution in [2.75, 3.05) is 53.2 Å². The van der Waals surface area contributed by atoms with Gasteiger partial charge in [0.1, 0.15) is 0 Å². The van der Waals surface area contributed by atoms with Gasteiger partial charge in [0.05, 0.1) is 7.11 Å². The standard InChI is InChI=1S/C23H31FN2O2/c1-27-23-18-21(9-10-22(23)28-19-24)11-13-26-16-14-25(15-17-26)12-5-8-20-6-3-2-4-7-20/h2-4,6-7,9-10,18H,5,8,11-17,19H2,1H3/i24-1. The summed E-state index contributed by atoms with van der Waals surface area (Å²) in [6, 6.07) is 16.5. The third kappa shape index (κ3) is 6.21. The van der Waals surface area contributed by atoms with Gasteiger partial charge < -0.3 is 19.3 Å². The zero-order chi connectivity index (χ0) is 19.6. The average molecular weight is 386 g/mol. The summed E-state index contributed by atoms with van der Waals surface area (Å²) in [7, 11) is 1.58. The monoisotopic (exact) mass is 385 g/mol. The van der Waals surface area contributed by atoms with E-state index in [1.807, 2.05) is 12.1 Å². The summed E-state index contributed by atoms with van der Waals surface area (Å²) >= 11 is 0. The van der Waals surface area contributed by atoms with Gasteiger partial charge in [0, 0.05) is 32.7 Å². The van der Waals surface area contributed by atoms with Crippen molar-refractivity contribution in [3.05, 3.63) is 59.7 Å². The number of benzene rings is 2. The van der Waals surface area contributed by atoms with Gasteiger partial charge in [-0.1, -0.05) is 36.4 Å². The van der Waals surface area contributed by atoms with Crippen molar-refractivity contribution < 1.29 is 13.9 Å². The Kier molecular flexibility index (Phi) is 8.12. The summed E-state index contributed by atoms with van der Waals surface area (Å²) in [6.07, 6.45) is 3.34. The molecule has 5 heteroatoms. The Balaban J connectivity index is 1.36. The number of ether oxygens (including phenoxy) is 2. The van der Waals surface area contributed by atoms with E-state index in [1.54, 1.807) is 13.2 Å². The fraction of sp³-hybridized carbons (Fsp3) is 0.478. The molecule has 152 valence electrons. The molecule has 0 bridgehead atoms. The van der Waals surface area contributed by atoms with Crippen LogP contribution in [-0.2, 0) is 12.8 Å². The van der Waals surface area contributed by atoms with E-state index in [9.17, 15) is 4.39 Å². The molecule has 0 spiro atoms. The predicted octanol–water partition coefficient (Wildman–Crippen LogP) is 3.79. The third-order valence-corrected chi connectivity index (χ3v) is 5.40. The molecule has 1 heterocycles. The smallest absolute Gasteiger partial charge is 0.228 e. The fourth-order valence-electron chi connectivity index (χ4n) is 3.72. The Morgan fingerprint density at radius 3 is 2.21 bits per heavy atom. The van der Waals surface area contributed by atoms with Crippen molar-refractivity contribution in [1.29, 1.82) is 0 Å². The Morgan fingerprint density at radius 1 is 0.821 bits per heavy atom. The van der Waals surface area contributed by atoms with Crippen molar-refractivity contribution in [3.8, 4) is 11.5 Å². The SMILES string of the molecule is COc1cc(CCN2CCN(CCCc3ccccc3)CC2)ccc1OC[18F]. The van der Waals surface area contributed by atoms with Crippen LogP contribution in [0.1, 0.15) is 17.5 Å². The number of piperazine rings is 1. The summed E-state index contributed by atoms with van der Waals surface area (Å²) in [6.45, 7) is 5.88. The highest BCUT2D eigenvalue weighted by atomic mass is 18.2. The molecule has 2 aromatic carbocycles. The van der Waals surface area contributed by atoms with E-state index in [0.29, 0.717) is 11.5 Å². The Labute approximate surface area is 167 Å². The molecule has 1 aliphatic heterocycles. The second-order valence-corrected chi connectivity index (χ2v) is 7.26. The molecule has 0 radical (unpaired) electrons. The highest BCUT2D eigenvalue weighted by molar-refractivity contribution is 5.43. The first-order valence-corrected chi connectivity index (χ1v) is 10.1. The lowest BCUT2D eigenvalue weighted by atomic mass is 10.1. The lowest BCUT2D eigenvalue weighted by Gasteiger charge is -2.34. The lowest BCUT2D eigenvalue weighted by molar-refractivity contribution is 0.132. The van der Waals surface area contributed by atoms with Crippen LogP contribution < -0.4 is 9.47 Å². The van der Waals surface area contributed by atoms with E-state index in [0.717, 1.165) is 45.6 Å². The molecule has 0 aliphatic carbocycles.